The van der Waals surface area contributed by atoms with Crippen LogP contribution in [0.15, 0.2) is 72.4 Å². The molecular formula is C35H37F2N5O2. The van der Waals surface area contributed by atoms with Crippen molar-refractivity contribution in [3.8, 4) is 16.8 Å². The third kappa shape index (κ3) is 5.42. The van der Waals surface area contributed by atoms with E-state index < -0.39 is 29.8 Å². The molecule has 1 atom stereocenters. The summed E-state index contributed by atoms with van der Waals surface area (Å²) in [4.78, 5) is 39.0. The second kappa shape index (κ2) is 12.1. The summed E-state index contributed by atoms with van der Waals surface area (Å²) < 4.78 is 46.9. The number of amides is 1. The Morgan fingerprint density at radius 2 is 1.86 bits per heavy atom. The van der Waals surface area contributed by atoms with Gasteiger partial charge in [-0.25, -0.2) is 13.6 Å². The molecule has 4 aromatic rings. The molecule has 228 valence electrons. The highest BCUT2D eigenvalue weighted by Crippen LogP contribution is 2.37. The first-order valence-electron chi connectivity index (χ1n) is 15.7. The van der Waals surface area contributed by atoms with Crippen molar-refractivity contribution >= 4 is 28.7 Å². The van der Waals surface area contributed by atoms with Crippen molar-refractivity contribution in [1.82, 2.24) is 19.4 Å². The number of piperazine rings is 1. The quantitative estimate of drug-likeness (QED) is 0.214. The summed E-state index contributed by atoms with van der Waals surface area (Å²) in [6.07, 6.45) is 3.07. The van der Waals surface area contributed by atoms with Crippen LogP contribution in [0.1, 0.15) is 66.0 Å². The van der Waals surface area contributed by atoms with Crippen molar-refractivity contribution in [3.63, 3.8) is 0 Å². The van der Waals surface area contributed by atoms with Gasteiger partial charge in [0, 0.05) is 42.8 Å². The summed E-state index contributed by atoms with van der Waals surface area (Å²) in [5.41, 5.74) is 3.13. The highest BCUT2D eigenvalue weighted by atomic mass is 19.1. The first kappa shape index (κ1) is 28.1. The molecule has 1 aliphatic rings. The summed E-state index contributed by atoms with van der Waals surface area (Å²) in [6, 6.07) is 11.4. The maximum Gasteiger partial charge on any atom is 0.354 e. The Labute approximate surface area is 259 Å². The number of pyridine rings is 1. The molecule has 0 spiro atoms. The van der Waals surface area contributed by atoms with Gasteiger partial charge in [-0.15, -0.1) is 0 Å². The van der Waals surface area contributed by atoms with Crippen molar-refractivity contribution < 1.29 is 16.3 Å². The fourth-order valence-electron chi connectivity index (χ4n) is 5.99. The second-order valence-electron chi connectivity index (χ2n) is 11.8. The third-order valence-corrected chi connectivity index (χ3v) is 8.16. The number of nitrogens with zero attached hydrogens (tertiary/aromatic N) is 5. The molecule has 1 amide bonds. The van der Waals surface area contributed by atoms with Gasteiger partial charge in [0.25, 0.3) is 5.91 Å². The molecule has 0 saturated carbocycles. The molecule has 7 nitrogen and oxygen atoms in total. The van der Waals surface area contributed by atoms with Crippen LogP contribution in [0, 0.1) is 5.82 Å². The zero-order chi connectivity index (χ0) is 33.4. The minimum atomic E-state index is -1.04. The van der Waals surface area contributed by atoms with Gasteiger partial charge in [-0.05, 0) is 53.6 Å². The predicted molar refractivity (Wildman–Crippen MR) is 172 cm³/mol. The van der Waals surface area contributed by atoms with Crippen LogP contribution in [0.2, 0.25) is 0 Å². The van der Waals surface area contributed by atoms with Crippen molar-refractivity contribution in [1.29, 1.82) is 0 Å². The average Bonchev–Trinajstić information content (AvgIpc) is 3.00. The lowest BCUT2D eigenvalue weighted by Gasteiger charge is -2.40. The van der Waals surface area contributed by atoms with E-state index >= 15 is 4.39 Å². The zero-order valence-electron chi connectivity index (χ0n) is 27.6. The largest absolute Gasteiger partial charge is 0.354 e. The van der Waals surface area contributed by atoms with Crippen LogP contribution in [0.3, 0.4) is 0 Å². The van der Waals surface area contributed by atoms with Crippen LogP contribution in [-0.4, -0.2) is 51.0 Å². The van der Waals surface area contributed by atoms with Gasteiger partial charge in [0.1, 0.15) is 11.6 Å². The Hall–Kier alpha value is -4.66. The number of benzene rings is 2. The molecule has 0 aliphatic carbocycles. The summed E-state index contributed by atoms with van der Waals surface area (Å²) >= 11 is 0. The predicted octanol–water partition coefficient (Wildman–Crippen LogP) is 7.00. The van der Waals surface area contributed by atoms with E-state index in [1.165, 1.54) is 21.6 Å². The molecular weight excluding hydrogens is 560 g/mol. The van der Waals surface area contributed by atoms with E-state index in [1.807, 2.05) is 45.6 Å². The molecule has 0 radical (unpaired) electrons. The first-order chi connectivity index (χ1) is 21.8. The zero-order valence-corrected chi connectivity index (χ0v) is 25.6. The number of fused-ring (bicyclic) bond motifs is 1. The van der Waals surface area contributed by atoms with E-state index in [9.17, 15) is 14.0 Å². The normalized spacial score (nSPS) is 15.9. The number of hydrogen-bond donors (Lipinski definition) is 0. The second-order valence-corrected chi connectivity index (χ2v) is 11.8. The van der Waals surface area contributed by atoms with Crippen LogP contribution in [-0.2, 0) is 4.79 Å². The van der Waals surface area contributed by atoms with Gasteiger partial charge in [-0.2, -0.15) is 4.98 Å². The van der Waals surface area contributed by atoms with E-state index in [0.29, 0.717) is 33.4 Å². The van der Waals surface area contributed by atoms with E-state index in [2.05, 4.69) is 16.5 Å². The van der Waals surface area contributed by atoms with Crippen LogP contribution < -0.4 is 10.6 Å². The maximum absolute atomic E-state index is 16.3. The lowest BCUT2D eigenvalue weighted by molar-refractivity contribution is -0.129. The Kier molecular flexibility index (Phi) is 7.77. The molecule has 9 heteroatoms. The monoisotopic (exact) mass is 599 g/mol. The number of carbonyl (C=O) groups excluding carboxylic acids is 1. The minimum absolute atomic E-state index is 0.0198. The molecule has 1 aliphatic heterocycles. The van der Waals surface area contributed by atoms with E-state index in [0.717, 1.165) is 5.56 Å². The molecule has 1 saturated heterocycles. The topological polar surface area (TPSA) is 71.3 Å². The third-order valence-electron chi connectivity index (χ3n) is 8.16. The Balaban J connectivity index is 1.84. The van der Waals surface area contributed by atoms with E-state index in [-0.39, 0.29) is 48.9 Å². The molecule has 0 N–H and O–H groups in total. The molecule has 5 rings (SSSR count). The van der Waals surface area contributed by atoms with Gasteiger partial charge in [0.05, 0.1) is 19.6 Å². The fourth-order valence-corrected chi connectivity index (χ4v) is 5.99. The number of carbonyl (C=O) groups is 1. The molecule has 1 fully saturated rings. The molecule has 44 heavy (non-hydrogen) atoms. The number of halogens is 2. The van der Waals surface area contributed by atoms with Gasteiger partial charge < -0.3 is 9.80 Å². The van der Waals surface area contributed by atoms with Gasteiger partial charge >= 0.3 is 5.69 Å². The highest BCUT2D eigenvalue weighted by Gasteiger charge is 2.32. The molecule has 0 bridgehead atoms. The van der Waals surface area contributed by atoms with Gasteiger partial charge in [-0.1, -0.05) is 71.1 Å². The first-order valence-corrected chi connectivity index (χ1v) is 14.7. The number of aromatic nitrogens is 3. The summed E-state index contributed by atoms with van der Waals surface area (Å²) in [7, 11) is 0. The summed E-state index contributed by atoms with van der Waals surface area (Å²) in [5, 5.41) is 0.380. The van der Waals surface area contributed by atoms with Gasteiger partial charge in [0.15, 0.2) is 5.83 Å². The Morgan fingerprint density at radius 1 is 1.11 bits per heavy atom. The minimum Gasteiger partial charge on any atom is -0.350 e. The Bertz CT molecular complexity index is 1910. The standard InChI is InChI=1S/C35H37F2N5O2/c1-8-24-11-9-10-12-26(24)27-18-30-28(17-29(27)37)33(41-16-15-40(19-22(41)6)34(43)23(7)36)39-35(44)42(30)32-25(20(2)3)13-14-38-31(32)21(4)5/h8-14,17-18,20-22H,1,7,15-16,19H2,2-6H3/t22-/m0/s1/i1D2. The summed E-state index contributed by atoms with van der Waals surface area (Å²) in [5.74, 6) is -2.18. The fraction of sp³-hybridized carbons (Fsp3) is 0.314. The number of hydrogen-bond acceptors (Lipinski definition) is 5. The van der Waals surface area contributed by atoms with Crippen molar-refractivity contribution in [2.45, 2.75) is 52.5 Å². The van der Waals surface area contributed by atoms with E-state index in [1.54, 1.807) is 36.5 Å². The number of rotatable bonds is 7. The van der Waals surface area contributed by atoms with Crippen molar-refractivity contribution in [2.75, 3.05) is 24.5 Å². The lowest BCUT2D eigenvalue weighted by Crippen LogP contribution is -2.54. The van der Waals surface area contributed by atoms with E-state index in [4.69, 9.17) is 2.74 Å². The lowest BCUT2D eigenvalue weighted by atomic mass is 9.95. The average molecular weight is 600 g/mol. The molecule has 3 heterocycles. The maximum atomic E-state index is 16.3. The van der Waals surface area contributed by atoms with Crippen molar-refractivity contribution in [3.05, 3.63) is 101 Å². The van der Waals surface area contributed by atoms with Crippen LogP contribution >= 0.6 is 0 Å². The molecule has 2 aromatic carbocycles. The van der Waals surface area contributed by atoms with Gasteiger partial charge in [0.2, 0.25) is 0 Å². The van der Waals surface area contributed by atoms with Gasteiger partial charge in [-0.3, -0.25) is 14.3 Å². The smallest absolute Gasteiger partial charge is 0.350 e. The van der Waals surface area contributed by atoms with Crippen LogP contribution in [0.25, 0.3) is 33.8 Å². The number of anilines is 1. The highest BCUT2D eigenvalue weighted by molar-refractivity contribution is 5.95. The van der Waals surface area contributed by atoms with Crippen LogP contribution in [0.4, 0.5) is 14.6 Å². The SMILES string of the molecule is [2H]C([2H])=Cc1ccccc1-c1cc2c(cc1F)c(N1CCN(C(=O)C(=C)F)C[C@@H]1C)nc(=O)n2-c1c(C(C)C)ccnc1C(C)C. The molecule has 2 aromatic heterocycles. The molecule has 0 unspecified atom stereocenters. The van der Waals surface area contributed by atoms with Crippen molar-refractivity contribution in [2.24, 2.45) is 0 Å². The van der Waals surface area contributed by atoms with Crippen LogP contribution in [0.5, 0.6) is 0 Å². The Morgan fingerprint density at radius 3 is 2.52 bits per heavy atom. The summed E-state index contributed by atoms with van der Waals surface area (Å²) in [6.45, 7) is 13.1.